The second-order valence-electron chi connectivity index (χ2n) is 18.8. The average molecular weight is 1010 g/mol. The zero-order chi connectivity index (χ0) is 51.3. The molecule has 0 saturated carbocycles. The van der Waals surface area contributed by atoms with Gasteiger partial charge in [0.05, 0.1) is 26.2 Å². The summed E-state index contributed by atoms with van der Waals surface area (Å²) in [7, 11) is -4.76. The minimum absolute atomic E-state index is 0.00354. The van der Waals surface area contributed by atoms with E-state index in [-0.39, 0.29) is 25.9 Å². The zero-order valence-corrected chi connectivity index (χ0v) is 45.6. The molecular formula is C58H103O11P. The van der Waals surface area contributed by atoms with Crippen molar-refractivity contribution in [1.29, 1.82) is 0 Å². The van der Waals surface area contributed by atoms with Crippen LogP contribution < -0.4 is 0 Å². The molecule has 2 N–H and O–H groups in total. The van der Waals surface area contributed by atoms with Gasteiger partial charge in [-0.3, -0.25) is 23.4 Å². The van der Waals surface area contributed by atoms with Crippen molar-refractivity contribution in [3.8, 4) is 0 Å². The van der Waals surface area contributed by atoms with Crippen LogP contribution in [0.1, 0.15) is 252 Å². The van der Waals surface area contributed by atoms with E-state index in [1.165, 1.54) is 128 Å². The summed E-state index contributed by atoms with van der Waals surface area (Å²) in [6, 6.07) is 0. The normalized spacial score (nSPS) is 13.8. The number of allylic oxidation sites excluding steroid dienone is 9. The lowest BCUT2D eigenvalue weighted by Crippen LogP contribution is -2.30. The highest BCUT2D eigenvalue weighted by atomic mass is 31.2. The molecule has 0 aliphatic heterocycles. The summed E-state index contributed by atoms with van der Waals surface area (Å²) >= 11 is 0. The van der Waals surface area contributed by atoms with Crippen molar-refractivity contribution in [3.05, 3.63) is 60.8 Å². The quantitative estimate of drug-likeness (QED) is 0.0197. The Morgan fingerprint density at radius 1 is 0.414 bits per heavy atom. The lowest BCUT2D eigenvalue weighted by Gasteiger charge is -2.21. The summed E-state index contributed by atoms with van der Waals surface area (Å²) in [5.41, 5.74) is 0. The topological polar surface area (TPSA) is 155 Å². The number of aliphatic hydroxyl groups excluding tert-OH is 1. The number of hydrogen-bond acceptors (Lipinski definition) is 10. The molecule has 0 rings (SSSR count). The molecule has 0 radical (unpaired) electrons. The number of unbranched alkanes of at least 4 members (excludes halogenated alkanes) is 26. The number of hydrogen-bond donors (Lipinski definition) is 2. The van der Waals surface area contributed by atoms with Crippen LogP contribution in [0.4, 0.5) is 0 Å². The van der Waals surface area contributed by atoms with Crippen LogP contribution in [0, 0.1) is 0 Å². The van der Waals surface area contributed by atoms with Gasteiger partial charge in [0.25, 0.3) is 0 Å². The fourth-order valence-electron chi connectivity index (χ4n) is 7.72. The molecule has 0 bridgehead atoms. The summed E-state index contributed by atoms with van der Waals surface area (Å²) in [5.74, 6) is -1.60. The van der Waals surface area contributed by atoms with Crippen LogP contribution in [0.3, 0.4) is 0 Å². The van der Waals surface area contributed by atoms with Crippen LogP contribution in [-0.2, 0) is 42.2 Å². The predicted molar refractivity (Wildman–Crippen MR) is 288 cm³/mol. The van der Waals surface area contributed by atoms with Crippen molar-refractivity contribution in [2.75, 3.05) is 26.4 Å². The second kappa shape index (κ2) is 52.5. The molecule has 0 aliphatic carbocycles. The Balaban J connectivity index is 4.81. The molecule has 0 saturated heterocycles. The maximum atomic E-state index is 12.9. The van der Waals surface area contributed by atoms with Gasteiger partial charge in [-0.25, -0.2) is 4.57 Å². The zero-order valence-electron chi connectivity index (χ0n) is 44.7. The second-order valence-corrected chi connectivity index (χ2v) is 20.2. The summed E-state index contributed by atoms with van der Waals surface area (Å²) < 4.78 is 39.3. The summed E-state index contributed by atoms with van der Waals surface area (Å²) in [6.07, 6.45) is 56.4. The molecule has 0 amide bonds. The highest BCUT2D eigenvalue weighted by Crippen LogP contribution is 2.43. The van der Waals surface area contributed by atoms with Crippen molar-refractivity contribution in [1.82, 2.24) is 0 Å². The molecule has 3 unspecified atom stereocenters. The third kappa shape index (κ3) is 50.1. The number of ether oxygens (including phenoxy) is 3. The Morgan fingerprint density at radius 3 is 1.09 bits per heavy atom. The van der Waals surface area contributed by atoms with Crippen molar-refractivity contribution in [3.63, 3.8) is 0 Å². The van der Waals surface area contributed by atoms with Gasteiger partial charge in [-0.1, -0.05) is 248 Å². The maximum Gasteiger partial charge on any atom is 0.472 e. The highest BCUT2D eigenvalue weighted by Gasteiger charge is 2.28. The van der Waals surface area contributed by atoms with Crippen LogP contribution in [0.5, 0.6) is 0 Å². The number of phosphoric ester groups is 1. The van der Waals surface area contributed by atoms with E-state index < -0.39 is 57.8 Å². The number of rotatable bonds is 52. The Hall–Kier alpha value is -2.82. The lowest BCUT2D eigenvalue weighted by atomic mass is 10.0. The number of aliphatic hydroxyl groups is 1. The van der Waals surface area contributed by atoms with Gasteiger partial charge in [-0.15, -0.1) is 0 Å². The van der Waals surface area contributed by atoms with E-state index in [2.05, 4.69) is 63.3 Å². The van der Waals surface area contributed by atoms with Crippen molar-refractivity contribution in [2.24, 2.45) is 0 Å². The van der Waals surface area contributed by atoms with Gasteiger partial charge in [0.1, 0.15) is 12.7 Å². The first kappa shape index (κ1) is 67.2. The highest BCUT2D eigenvalue weighted by molar-refractivity contribution is 7.47. The Kier molecular flexibility index (Phi) is 50.4. The van der Waals surface area contributed by atoms with E-state index >= 15 is 0 Å². The molecule has 11 nitrogen and oxygen atoms in total. The Morgan fingerprint density at radius 2 is 0.729 bits per heavy atom. The van der Waals surface area contributed by atoms with E-state index in [9.17, 15) is 28.9 Å². The predicted octanol–water partition coefficient (Wildman–Crippen LogP) is 16.4. The summed E-state index contributed by atoms with van der Waals surface area (Å²) in [5, 5.41) is 9.78. The monoisotopic (exact) mass is 1010 g/mol. The average Bonchev–Trinajstić information content (AvgIpc) is 3.35. The molecule has 0 aromatic heterocycles. The van der Waals surface area contributed by atoms with Crippen LogP contribution in [0.2, 0.25) is 0 Å². The van der Waals surface area contributed by atoms with Gasteiger partial charge >= 0.3 is 25.7 Å². The molecular weight excluding hydrogens is 904 g/mol. The van der Waals surface area contributed by atoms with Crippen molar-refractivity contribution in [2.45, 2.75) is 264 Å². The molecule has 0 aromatic rings. The van der Waals surface area contributed by atoms with Gasteiger partial charge in [-0.2, -0.15) is 0 Å². The van der Waals surface area contributed by atoms with E-state index in [0.29, 0.717) is 19.3 Å². The van der Waals surface area contributed by atoms with Gasteiger partial charge in [0.15, 0.2) is 6.10 Å². The first-order chi connectivity index (χ1) is 34.2. The molecule has 406 valence electrons. The molecule has 0 heterocycles. The smallest absolute Gasteiger partial charge is 0.461 e. The molecule has 12 heteroatoms. The SMILES string of the molecule is CC/C=C\C/C=C\C/C=C\C/C=C\C/C=C\CC(=O)OCC(COP(=O)(O)OCC(CO)OC(=O)CCCCCCCCCCCCC)OC(=O)CCCCCCCCCCCCCCCCCCC. The molecule has 3 atom stereocenters. The van der Waals surface area contributed by atoms with E-state index in [1.54, 1.807) is 6.08 Å². The number of carbonyl (C=O) groups excluding carboxylic acids is 3. The van der Waals surface area contributed by atoms with Crippen LogP contribution in [0.15, 0.2) is 60.8 Å². The van der Waals surface area contributed by atoms with Gasteiger partial charge < -0.3 is 24.2 Å². The lowest BCUT2D eigenvalue weighted by molar-refractivity contribution is -0.161. The van der Waals surface area contributed by atoms with E-state index in [0.717, 1.165) is 64.2 Å². The van der Waals surface area contributed by atoms with Crippen molar-refractivity contribution >= 4 is 25.7 Å². The van der Waals surface area contributed by atoms with Crippen LogP contribution in [-0.4, -0.2) is 66.5 Å². The first-order valence-corrected chi connectivity index (χ1v) is 29.7. The molecule has 0 fully saturated rings. The standard InChI is InChI=1S/C58H103O11P/c1-4-7-10-13-16-19-22-24-26-27-29-31-34-37-40-43-46-49-58(62)69-55(51-65-56(60)47-44-41-38-35-33-30-28-25-23-20-17-14-11-8-5-2)53-67-70(63,64)66-52-54(50-59)68-57(61)48-45-42-39-36-32-21-18-15-12-9-6-3/h8,11,17,20,25,28,33,35,41,44,54-55,59H,4-7,9-10,12-16,18-19,21-24,26-27,29-32,34,36-40,42-43,45-53H2,1-3H3,(H,63,64)/b11-8-,20-17-,28-25-,35-33-,44-41-. The minimum Gasteiger partial charge on any atom is -0.461 e. The van der Waals surface area contributed by atoms with Gasteiger partial charge in [-0.05, 0) is 44.9 Å². The van der Waals surface area contributed by atoms with E-state index in [4.69, 9.17) is 23.3 Å². The third-order valence-corrected chi connectivity index (χ3v) is 12.9. The minimum atomic E-state index is -4.76. The fourth-order valence-corrected chi connectivity index (χ4v) is 8.51. The van der Waals surface area contributed by atoms with Gasteiger partial charge in [0, 0.05) is 12.8 Å². The van der Waals surface area contributed by atoms with Crippen molar-refractivity contribution < 1.29 is 52.2 Å². The molecule has 0 spiro atoms. The summed E-state index contributed by atoms with van der Waals surface area (Å²) in [4.78, 5) is 48.4. The number of phosphoric acid groups is 1. The Bertz CT molecular complexity index is 1410. The molecule has 70 heavy (non-hydrogen) atoms. The fraction of sp³-hybridized carbons (Fsp3) is 0.776. The number of carbonyl (C=O) groups is 3. The van der Waals surface area contributed by atoms with Crippen LogP contribution in [0.25, 0.3) is 0 Å². The van der Waals surface area contributed by atoms with E-state index in [1.807, 2.05) is 12.2 Å². The third-order valence-electron chi connectivity index (χ3n) is 12.0. The largest absolute Gasteiger partial charge is 0.472 e. The molecule has 0 aliphatic rings. The molecule has 0 aromatic carbocycles. The van der Waals surface area contributed by atoms with Gasteiger partial charge in [0.2, 0.25) is 0 Å². The first-order valence-electron chi connectivity index (χ1n) is 28.2. The van der Waals surface area contributed by atoms with Crippen LogP contribution >= 0.6 is 7.82 Å². The summed E-state index contributed by atoms with van der Waals surface area (Å²) in [6.45, 7) is 4.43. The maximum absolute atomic E-state index is 12.9. The Labute approximate surface area is 427 Å². The number of esters is 3.